The predicted molar refractivity (Wildman–Crippen MR) is 61.3 cm³/mol. The number of rotatable bonds is 4. The highest BCUT2D eigenvalue weighted by Gasteiger charge is 2.35. The summed E-state index contributed by atoms with van der Waals surface area (Å²) in [5.41, 5.74) is 4.33. The number of nitro groups is 1. The minimum atomic E-state index is -1.46. The van der Waals surface area contributed by atoms with Gasteiger partial charge in [-0.15, -0.1) is 0 Å². The molecule has 0 bridgehead atoms. The molecule has 92 valence electrons. The molecule has 1 aromatic rings. The Hall–Kier alpha value is -1.79. The van der Waals surface area contributed by atoms with Crippen LogP contribution in [0.4, 0.5) is 5.69 Å². The van der Waals surface area contributed by atoms with Gasteiger partial charge in [0.25, 0.3) is 5.69 Å². The summed E-state index contributed by atoms with van der Waals surface area (Å²) in [5.74, 6) is -0.392. The SMILES string of the molecule is CC(=O)[C@@](C)(N)[C@H](O)c1cccc([N+](=O)[O-])c1. The van der Waals surface area contributed by atoms with Crippen LogP contribution in [-0.2, 0) is 4.79 Å². The summed E-state index contributed by atoms with van der Waals surface area (Å²) in [6.07, 6.45) is -1.28. The molecule has 0 spiro atoms. The number of nitrogens with zero attached hydrogens (tertiary/aromatic N) is 1. The lowest BCUT2D eigenvalue weighted by molar-refractivity contribution is -0.385. The Morgan fingerprint density at radius 2 is 2.18 bits per heavy atom. The number of benzene rings is 1. The number of hydrogen-bond donors (Lipinski definition) is 2. The summed E-state index contributed by atoms with van der Waals surface area (Å²) in [5, 5.41) is 20.5. The van der Waals surface area contributed by atoms with Crippen LogP contribution in [0.3, 0.4) is 0 Å². The molecule has 1 rings (SSSR count). The lowest BCUT2D eigenvalue weighted by Gasteiger charge is -2.27. The summed E-state index contributed by atoms with van der Waals surface area (Å²) in [7, 11) is 0. The van der Waals surface area contributed by atoms with Gasteiger partial charge in [0.05, 0.1) is 4.92 Å². The molecule has 6 heteroatoms. The smallest absolute Gasteiger partial charge is 0.269 e. The minimum Gasteiger partial charge on any atom is -0.386 e. The molecule has 6 nitrogen and oxygen atoms in total. The fourth-order valence-electron chi connectivity index (χ4n) is 1.35. The number of aliphatic hydroxyl groups excluding tert-OH is 1. The fourth-order valence-corrected chi connectivity index (χ4v) is 1.35. The van der Waals surface area contributed by atoms with Crippen LogP contribution in [0.2, 0.25) is 0 Å². The lowest BCUT2D eigenvalue weighted by atomic mass is 9.87. The Labute approximate surface area is 98.2 Å². The van der Waals surface area contributed by atoms with Crippen LogP contribution in [-0.4, -0.2) is 21.4 Å². The molecular formula is C11H14N2O4. The van der Waals surface area contributed by atoms with E-state index in [1.54, 1.807) is 0 Å². The number of carbonyl (C=O) groups excluding carboxylic acids is 1. The third kappa shape index (κ3) is 2.66. The molecule has 0 aromatic heterocycles. The Kier molecular flexibility index (Phi) is 3.59. The van der Waals surface area contributed by atoms with Crippen molar-refractivity contribution in [3.05, 3.63) is 39.9 Å². The van der Waals surface area contributed by atoms with Crippen LogP contribution in [0.1, 0.15) is 25.5 Å². The van der Waals surface area contributed by atoms with Gasteiger partial charge >= 0.3 is 0 Å². The monoisotopic (exact) mass is 238 g/mol. The predicted octanol–water partition coefficient (Wildman–Crippen LogP) is 0.935. The molecule has 0 aliphatic carbocycles. The van der Waals surface area contributed by atoms with E-state index in [2.05, 4.69) is 0 Å². The van der Waals surface area contributed by atoms with Crippen molar-refractivity contribution in [2.75, 3.05) is 0 Å². The van der Waals surface area contributed by atoms with Crippen molar-refractivity contribution in [1.29, 1.82) is 0 Å². The van der Waals surface area contributed by atoms with Gasteiger partial charge in [-0.05, 0) is 19.4 Å². The van der Waals surface area contributed by atoms with Gasteiger partial charge in [0, 0.05) is 12.1 Å². The van der Waals surface area contributed by atoms with E-state index in [1.165, 1.54) is 38.1 Å². The van der Waals surface area contributed by atoms with Crippen molar-refractivity contribution in [3.63, 3.8) is 0 Å². The van der Waals surface area contributed by atoms with Crippen LogP contribution >= 0.6 is 0 Å². The summed E-state index contributed by atoms with van der Waals surface area (Å²) in [4.78, 5) is 21.3. The highest BCUT2D eigenvalue weighted by Crippen LogP contribution is 2.27. The van der Waals surface area contributed by atoms with E-state index < -0.39 is 22.3 Å². The summed E-state index contributed by atoms with van der Waals surface area (Å²) in [6, 6.07) is 5.44. The first-order valence-electron chi connectivity index (χ1n) is 4.99. The largest absolute Gasteiger partial charge is 0.386 e. The second kappa shape index (κ2) is 4.60. The fraction of sp³-hybridized carbons (Fsp3) is 0.364. The molecule has 0 fully saturated rings. The second-order valence-electron chi connectivity index (χ2n) is 4.09. The molecule has 0 amide bonds. The molecule has 0 saturated heterocycles. The van der Waals surface area contributed by atoms with Gasteiger partial charge in [-0.2, -0.15) is 0 Å². The van der Waals surface area contributed by atoms with Gasteiger partial charge in [0.2, 0.25) is 0 Å². The molecule has 0 radical (unpaired) electrons. The molecule has 2 atom stereocenters. The maximum Gasteiger partial charge on any atom is 0.269 e. The van der Waals surface area contributed by atoms with Gasteiger partial charge in [0.1, 0.15) is 11.6 Å². The number of nitrogens with two attached hydrogens (primary N) is 1. The number of non-ortho nitro benzene ring substituents is 1. The zero-order valence-corrected chi connectivity index (χ0v) is 9.58. The summed E-state index contributed by atoms with van der Waals surface area (Å²) < 4.78 is 0. The third-order valence-corrected chi connectivity index (χ3v) is 2.72. The summed E-state index contributed by atoms with van der Waals surface area (Å²) >= 11 is 0. The molecular weight excluding hydrogens is 224 g/mol. The molecule has 0 unspecified atom stereocenters. The van der Waals surface area contributed by atoms with Crippen LogP contribution in [0.5, 0.6) is 0 Å². The molecule has 3 N–H and O–H groups in total. The Morgan fingerprint density at radius 3 is 2.65 bits per heavy atom. The zero-order valence-electron chi connectivity index (χ0n) is 9.58. The average Bonchev–Trinajstić information content (AvgIpc) is 2.27. The van der Waals surface area contributed by atoms with E-state index in [0.29, 0.717) is 0 Å². The van der Waals surface area contributed by atoms with E-state index in [9.17, 15) is 20.0 Å². The van der Waals surface area contributed by atoms with Crippen LogP contribution in [0.15, 0.2) is 24.3 Å². The van der Waals surface area contributed by atoms with Crippen LogP contribution < -0.4 is 5.73 Å². The third-order valence-electron chi connectivity index (χ3n) is 2.72. The Morgan fingerprint density at radius 1 is 1.59 bits per heavy atom. The number of nitro benzene ring substituents is 1. The zero-order chi connectivity index (χ0) is 13.2. The van der Waals surface area contributed by atoms with Crippen molar-refractivity contribution in [3.8, 4) is 0 Å². The number of Topliss-reactive ketones (excluding diaryl/α,β-unsaturated/α-hetero) is 1. The number of aliphatic hydroxyl groups is 1. The van der Waals surface area contributed by atoms with E-state index in [1.807, 2.05) is 0 Å². The van der Waals surface area contributed by atoms with Gasteiger partial charge in [-0.1, -0.05) is 12.1 Å². The highest BCUT2D eigenvalue weighted by atomic mass is 16.6. The van der Waals surface area contributed by atoms with Crippen molar-refractivity contribution in [1.82, 2.24) is 0 Å². The number of ketones is 1. The van der Waals surface area contributed by atoms with Crippen molar-refractivity contribution in [2.45, 2.75) is 25.5 Å². The first-order chi connectivity index (χ1) is 7.76. The Bertz CT molecular complexity index is 457. The van der Waals surface area contributed by atoms with Crippen molar-refractivity contribution < 1.29 is 14.8 Å². The Balaban J connectivity index is 3.13. The van der Waals surface area contributed by atoms with Gasteiger partial charge in [0.15, 0.2) is 5.78 Å². The molecule has 17 heavy (non-hydrogen) atoms. The molecule has 0 heterocycles. The maximum atomic E-state index is 11.3. The standard InChI is InChI=1S/C11H14N2O4/c1-7(14)11(2,12)10(15)8-4-3-5-9(6-8)13(16)17/h3-6,10,15H,12H2,1-2H3/t10-,11-/m1/s1. The maximum absolute atomic E-state index is 11.3. The molecule has 0 saturated carbocycles. The number of hydrogen-bond acceptors (Lipinski definition) is 5. The minimum absolute atomic E-state index is 0.152. The van der Waals surface area contributed by atoms with Gasteiger partial charge in [-0.3, -0.25) is 14.9 Å². The first kappa shape index (κ1) is 13.3. The topological polar surface area (TPSA) is 106 Å². The van der Waals surface area contributed by atoms with Gasteiger partial charge < -0.3 is 10.8 Å². The molecule has 1 aromatic carbocycles. The van der Waals surface area contributed by atoms with Crippen molar-refractivity contribution in [2.24, 2.45) is 5.73 Å². The quantitative estimate of drug-likeness (QED) is 0.599. The van der Waals surface area contributed by atoms with Crippen LogP contribution in [0, 0.1) is 10.1 Å². The average molecular weight is 238 g/mol. The molecule has 0 aliphatic rings. The van der Waals surface area contributed by atoms with Gasteiger partial charge in [-0.25, -0.2) is 0 Å². The highest BCUT2D eigenvalue weighted by molar-refractivity contribution is 5.86. The summed E-state index contributed by atoms with van der Waals surface area (Å²) in [6.45, 7) is 2.65. The normalized spacial score (nSPS) is 16.0. The first-order valence-corrected chi connectivity index (χ1v) is 4.99. The van der Waals surface area contributed by atoms with Crippen LogP contribution in [0.25, 0.3) is 0 Å². The number of carbonyl (C=O) groups is 1. The van der Waals surface area contributed by atoms with E-state index in [0.717, 1.165) is 0 Å². The van der Waals surface area contributed by atoms with E-state index in [-0.39, 0.29) is 11.3 Å². The van der Waals surface area contributed by atoms with E-state index >= 15 is 0 Å². The lowest BCUT2D eigenvalue weighted by Crippen LogP contribution is -2.49. The second-order valence-corrected chi connectivity index (χ2v) is 4.09. The van der Waals surface area contributed by atoms with E-state index in [4.69, 9.17) is 5.73 Å². The molecule has 0 aliphatic heterocycles. The van der Waals surface area contributed by atoms with Crippen molar-refractivity contribution >= 4 is 11.5 Å².